The molecule has 1 saturated heterocycles. The van der Waals surface area contributed by atoms with Crippen LogP contribution in [0.3, 0.4) is 0 Å². The predicted octanol–water partition coefficient (Wildman–Crippen LogP) is 4.60. The van der Waals surface area contributed by atoms with Crippen LogP contribution in [-0.4, -0.2) is 58.8 Å². The molecule has 33 heavy (non-hydrogen) atoms. The van der Waals surface area contributed by atoms with E-state index in [1.54, 1.807) is 11.2 Å². The molecule has 0 spiro atoms. The van der Waals surface area contributed by atoms with E-state index in [1.807, 2.05) is 39.0 Å². The Kier molecular flexibility index (Phi) is 5.47. The number of carbonyl (C=O) groups excluding carboxylic acids is 1. The largest absolute Gasteiger partial charge is 0.459 e. The van der Waals surface area contributed by atoms with Crippen molar-refractivity contribution in [1.82, 2.24) is 14.9 Å². The van der Waals surface area contributed by atoms with Gasteiger partial charge in [0.1, 0.15) is 11.1 Å². The van der Waals surface area contributed by atoms with Gasteiger partial charge in [0, 0.05) is 49.7 Å². The lowest BCUT2D eigenvalue weighted by molar-refractivity contribution is 0.0240. The average molecular weight is 451 g/mol. The van der Waals surface area contributed by atoms with Crippen LogP contribution in [0.5, 0.6) is 0 Å². The number of hydrogen-bond donors (Lipinski definition) is 2. The Morgan fingerprint density at radius 1 is 1.06 bits per heavy atom. The minimum atomic E-state index is -0.475. The van der Waals surface area contributed by atoms with Crippen LogP contribution in [0.1, 0.15) is 33.6 Å². The van der Waals surface area contributed by atoms with Crippen LogP contribution in [0, 0.1) is 0 Å². The highest BCUT2D eigenvalue weighted by Crippen LogP contribution is 2.30. The smallest absolute Gasteiger partial charge is 0.410 e. The summed E-state index contributed by atoms with van der Waals surface area (Å²) in [7, 11) is 0. The molecule has 3 aromatic rings. The summed E-state index contributed by atoms with van der Waals surface area (Å²) in [6.07, 6.45) is 3.70. The Bertz CT molecular complexity index is 1130. The van der Waals surface area contributed by atoms with E-state index in [1.165, 1.54) is 0 Å². The molecule has 9 heteroatoms. The Balaban J connectivity index is 1.21. The highest BCUT2D eigenvalue weighted by molar-refractivity contribution is 5.85. The first-order valence-electron chi connectivity index (χ1n) is 11.5. The van der Waals surface area contributed by atoms with Crippen molar-refractivity contribution in [2.24, 2.45) is 0 Å². The van der Waals surface area contributed by atoms with E-state index < -0.39 is 5.60 Å². The topological polar surface area (TPSA) is 95.8 Å². The van der Waals surface area contributed by atoms with Gasteiger partial charge in [-0.05, 0) is 57.9 Å². The fourth-order valence-corrected chi connectivity index (χ4v) is 3.80. The van der Waals surface area contributed by atoms with Crippen LogP contribution in [0.25, 0.3) is 11.1 Å². The van der Waals surface area contributed by atoms with E-state index in [0.29, 0.717) is 30.7 Å². The number of piperazine rings is 1. The summed E-state index contributed by atoms with van der Waals surface area (Å²) < 4.78 is 11.0. The second-order valence-corrected chi connectivity index (χ2v) is 9.58. The molecule has 3 heterocycles. The van der Waals surface area contributed by atoms with E-state index in [9.17, 15) is 4.79 Å². The summed E-state index contributed by atoms with van der Waals surface area (Å²) in [5, 5.41) is 6.72. The predicted molar refractivity (Wildman–Crippen MR) is 128 cm³/mol. The van der Waals surface area contributed by atoms with Gasteiger partial charge >= 0.3 is 6.09 Å². The van der Waals surface area contributed by atoms with Crippen LogP contribution < -0.4 is 15.5 Å². The quantitative estimate of drug-likeness (QED) is 0.582. The van der Waals surface area contributed by atoms with Crippen LogP contribution >= 0.6 is 0 Å². The number of furan rings is 1. The minimum Gasteiger partial charge on any atom is -0.459 e. The van der Waals surface area contributed by atoms with Crippen LogP contribution in [0.15, 0.2) is 41.0 Å². The maximum atomic E-state index is 12.3. The first kappa shape index (κ1) is 21.4. The van der Waals surface area contributed by atoms with Crippen LogP contribution in [-0.2, 0) is 4.74 Å². The first-order valence-corrected chi connectivity index (χ1v) is 11.5. The molecule has 1 aromatic carbocycles. The Morgan fingerprint density at radius 2 is 1.79 bits per heavy atom. The zero-order valence-electron chi connectivity index (χ0n) is 19.3. The SMILES string of the molecule is CC(C)(C)OC(=O)N1CCN(c2ccc(Nc3nc(NC4CC4)c4occc4n3)cc2)CC1. The second-order valence-electron chi connectivity index (χ2n) is 9.58. The Morgan fingerprint density at radius 3 is 2.45 bits per heavy atom. The van der Waals surface area contributed by atoms with Crippen molar-refractivity contribution >= 4 is 40.3 Å². The van der Waals surface area contributed by atoms with Crippen molar-refractivity contribution in [3.63, 3.8) is 0 Å². The fourth-order valence-electron chi connectivity index (χ4n) is 3.80. The summed E-state index contributed by atoms with van der Waals surface area (Å²) in [4.78, 5) is 25.5. The van der Waals surface area contributed by atoms with Crippen LogP contribution in [0.4, 0.5) is 27.9 Å². The number of benzene rings is 1. The zero-order chi connectivity index (χ0) is 23.0. The second kappa shape index (κ2) is 8.46. The molecule has 1 amide bonds. The van der Waals surface area contributed by atoms with Gasteiger partial charge in [0.05, 0.1) is 6.26 Å². The highest BCUT2D eigenvalue weighted by Gasteiger charge is 2.26. The maximum Gasteiger partial charge on any atom is 0.410 e. The zero-order valence-corrected chi connectivity index (χ0v) is 19.3. The standard InChI is InChI=1S/C24H30N6O3/c1-24(2,3)33-23(31)30-13-11-29(12-14-30)18-8-6-17(7-9-18)26-22-27-19-10-15-32-20(19)21(28-22)25-16-4-5-16/h6-10,15-16H,4-5,11-14H2,1-3H3,(H2,25,26,27,28). The van der Waals surface area contributed by atoms with E-state index in [4.69, 9.17) is 9.15 Å². The molecule has 0 atom stereocenters. The van der Waals surface area contributed by atoms with Gasteiger partial charge in [0.25, 0.3) is 0 Å². The van der Waals surface area contributed by atoms with Gasteiger partial charge in [-0.25, -0.2) is 9.78 Å². The molecule has 2 N–H and O–H groups in total. The first-order chi connectivity index (χ1) is 15.8. The summed E-state index contributed by atoms with van der Waals surface area (Å²) >= 11 is 0. The van der Waals surface area contributed by atoms with Gasteiger partial charge in [0.15, 0.2) is 11.4 Å². The molecule has 2 aromatic heterocycles. The average Bonchev–Trinajstić information content (AvgIpc) is 3.46. The molecular formula is C24H30N6O3. The summed E-state index contributed by atoms with van der Waals surface area (Å²) in [6, 6.07) is 10.5. The summed E-state index contributed by atoms with van der Waals surface area (Å²) in [5.74, 6) is 1.26. The normalized spacial score (nSPS) is 16.7. The molecular weight excluding hydrogens is 420 g/mol. The number of fused-ring (bicyclic) bond motifs is 1. The van der Waals surface area contributed by atoms with E-state index in [-0.39, 0.29) is 6.09 Å². The number of ether oxygens (including phenoxy) is 1. The van der Waals surface area contributed by atoms with Crippen molar-refractivity contribution < 1.29 is 13.9 Å². The lowest BCUT2D eigenvalue weighted by atomic mass is 10.2. The molecule has 0 radical (unpaired) electrons. The Labute approximate surface area is 193 Å². The van der Waals surface area contributed by atoms with Crippen molar-refractivity contribution in [2.75, 3.05) is 41.7 Å². The third-order valence-corrected chi connectivity index (χ3v) is 5.64. The van der Waals surface area contributed by atoms with E-state index in [2.05, 4.69) is 37.6 Å². The lowest BCUT2D eigenvalue weighted by Crippen LogP contribution is -2.50. The highest BCUT2D eigenvalue weighted by atomic mass is 16.6. The van der Waals surface area contributed by atoms with Gasteiger partial charge in [-0.3, -0.25) is 0 Å². The lowest BCUT2D eigenvalue weighted by Gasteiger charge is -2.36. The molecule has 1 aliphatic heterocycles. The number of rotatable bonds is 5. The van der Waals surface area contributed by atoms with Gasteiger partial charge < -0.3 is 29.6 Å². The summed E-state index contributed by atoms with van der Waals surface area (Å²) in [5.41, 5.74) is 3.01. The van der Waals surface area contributed by atoms with Crippen LogP contribution in [0.2, 0.25) is 0 Å². The van der Waals surface area contributed by atoms with Crippen molar-refractivity contribution in [2.45, 2.75) is 45.3 Å². The molecule has 2 aliphatic rings. The van der Waals surface area contributed by atoms with Gasteiger partial charge in [-0.15, -0.1) is 0 Å². The fraction of sp³-hybridized carbons (Fsp3) is 0.458. The molecule has 0 bridgehead atoms. The monoisotopic (exact) mass is 450 g/mol. The number of nitrogens with zero attached hydrogens (tertiary/aromatic N) is 4. The van der Waals surface area contributed by atoms with Gasteiger partial charge in [-0.1, -0.05) is 0 Å². The molecule has 5 rings (SSSR count). The number of anilines is 4. The van der Waals surface area contributed by atoms with Crippen molar-refractivity contribution in [1.29, 1.82) is 0 Å². The van der Waals surface area contributed by atoms with E-state index in [0.717, 1.165) is 48.6 Å². The number of nitrogens with one attached hydrogen (secondary N) is 2. The number of amides is 1. The van der Waals surface area contributed by atoms with Gasteiger partial charge in [-0.2, -0.15) is 4.98 Å². The third kappa shape index (κ3) is 5.13. The molecule has 9 nitrogen and oxygen atoms in total. The maximum absolute atomic E-state index is 12.3. The molecule has 1 saturated carbocycles. The number of aromatic nitrogens is 2. The van der Waals surface area contributed by atoms with Gasteiger partial charge in [0.2, 0.25) is 5.95 Å². The molecule has 174 valence electrons. The summed E-state index contributed by atoms with van der Waals surface area (Å²) in [6.45, 7) is 8.48. The number of carbonyl (C=O) groups is 1. The number of hydrogen-bond acceptors (Lipinski definition) is 8. The Hall–Kier alpha value is -3.49. The molecule has 1 aliphatic carbocycles. The third-order valence-electron chi connectivity index (χ3n) is 5.64. The van der Waals surface area contributed by atoms with Crippen molar-refractivity contribution in [3.8, 4) is 0 Å². The van der Waals surface area contributed by atoms with E-state index >= 15 is 0 Å². The minimum absolute atomic E-state index is 0.244. The molecule has 0 unspecified atom stereocenters. The van der Waals surface area contributed by atoms with Crippen molar-refractivity contribution in [3.05, 3.63) is 36.6 Å². The molecule has 2 fully saturated rings.